The van der Waals surface area contributed by atoms with Gasteiger partial charge in [0.05, 0.1) is 6.54 Å². The standard InChI is InChI=1S/C16H20ClN3O/c1-2-11-6-7-12(8-11)16-19-15(21-20-16)10-18-14-5-3-4-13(17)9-14/h3-5,9,11-12,18H,2,6-8,10H2,1H3. The summed E-state index contributed by atoms with van der Waals surface area (Å²) in [6.07, 6.45) is 4.90. The smallest absolute Gasteiger partial charge is 0.245 e. The molecule has 1 aromatic heterocycles. The zero-order chi connectivity index (χ0) is 14.7. The monoisotopic (exact) mass is 305 g/mol. The highest BCUT2D eigenvalue weighted by Crippen LogP contribution is 2.38. The van der Waals surface area contributed by atoms with Crippen LogP contribution in [0.15, 0.2) is 28.8 Å². The Hall–Kier alpha value is -1.55. The molecule has 1 aliphatic carbocycles. The van der Waals surface area contributed by atoms with Crippen LogP contribution < -0.4 is 5.32 Å². The molecule has 0 saturated heterocycles. The van der Waals surface area contributed by atoms with Crippen LogP contribution in [0.3, 0.4) is 0 Å². The molecule has 0 spiro atoms. The molecule has 2 unspecified atom stereocenters. The Morgan fingerprint density at radius 2 is 2.29 bits per heavy atom. The van der Waals surface area contributed by atoms with Gasteiger partial charge >= 0.3 is 0 Å². The van der Waals surface area contributed by atoms with Gasteiger partial charge in [-0.1, -0.05) is 36.2 Å². The van der Waals surface area contributed by atoms with Crippen LogP contribution in [0.1, 0.15) is 50.2 Å². The Morgan fingerprint density at radius 3 is 3.05 bits per heavy atom. The van der Waals surface area contributed by atoms with Crippen molar-refractivity contribution >= 4 is 17.3 Å². The normalized spacial score (nSPS) is 21.6. The number of benzene rings is 1. The molecule has 0 aliphatic heterocycles. The van der Waals surface area contributed by atoms with Crippen molar-refractivity contribution in [1.82, 2.24) is 10.1 Å². The van der Waals surface area contributed by atoms with Gasteiger partial charge < -0.3 is 9.84 Å². The molecule has 1 saturated carbocycles. The van der Waals surface area contributed by atoms with Gasteiger partial charge in [0.1, 0.15) is 0 Å². The highest BCUT2D eigenvalue weighted by Gasteiger charge is 2.28. The second kappa shape index (κ2) is 6.48. The summed E-state index contributed by atoms with van der Waals surface area (Å²) >= 11 is 5.95. The molecule has 112 valence electrons. The quantitative estimate of drug-likeness (QED) is 0.875. The van der Waals surface area contributed by atoms with Gasteiger partial charge in [0.15, 0.2) is 5.82 Å². The first-order chi connectivity index (χ1) is 10.2. The Morgan fingerprint density at radius 1 is 1.38 bits per heavy atom. The minimum absolute atomic E-state index is 0.471. The first-order valence-electron chi connectivity index (χ1n) is 7.56. The minimum Gasteiger partial charge on any atom is -0.376 e. The van der Waals surface area contributed by atoms with Gasteiger partial charge in [-0.25, -0.2) is 0 Å². The van der Waals surface area contributed by atoms with Gasteiger partial charge in [0, 0.05) is 16.6 Å². The van der Waals surface area contributed by atoms with E-state index in [0.29, 0.717) is 23.4 Å². The number of aromatic nitrogens is 2. The van der Waals surface area contributed by atoms with Crippen LogP contribution in [0.4, 0.5) is 5.69 Å². The lowest BCUT2D eigenvalue weighted by Gasteiger charge is -2.04. The van der Waals surface area contributed by atoms with Crippen molar-refractivity contribution in [3.05, 3.63) is 41.0 Å². The van der Waals surface area contributed by atoms with Crippen LogP contribution in [-0.2, 0) is 6.54 Å². The van der Waals surface area contributed by atoms with Crippen molar-refractivity contribution < 1.29 is 4.52 Å². The fourth-order valence-electron chi connectivity index (χ4n) is 2.96. The first kappa shape index (κ1) is 14.4. The predicted molar refractivity (Wildman–Crippen MR) is 83.4 cm³/mol. The molecule has 21 heavy (non-hydrogen) atoms. The zero-order valence-corrected chi connectivity index (χ0v) is 12.9. The number of nitrogens with one attached hydrogen (secondary N) is 1. The lowest BCUT2D eigenvalue weighted by Crippen LogP contribution is -2.01. The summed E-state index contributed by atoms with van der Waals surface area (Å²) < 4.78 is 5.34. The van der Waals surface area contributed by atoms with Crippen molar-refractivity contribution in [1.29, 1.82) is 0 Å². The third-order valence-electron chi connectivity index (χ3n) is 4.24. The average molecular weight is 306 g/mol. The van der Waals surface area contributed by atoms with Crippen LogP contribution in [0.25, 0.3) is 0 Å². The SMILES string of the molecule is CCC1CCC(c2noc(CNc3cccc(Cl)c3)n2)C1. The Kier molecular flexibility index (Phi) is 4.44. The largest absolute Gasteiger partial charge is 0.376 e. The molecule has 0 bridgehead atoms. The molecule has 1 aliphatic rings. The van der Waals surface area contributed by atoms with E-state index in [2.05, 4.69) is 22.4 Å². The number of halogens is 1. The summed E-state index contributed by atoms with van der Waals surface area (Å²) in [6, 6.07) is 7.60. The van der Waals surface area contributed by atoms with Gasteiger partial charge in [-0.15, -0.1) is 0 Å². The molecule has 1 heterocycles. The van der Waals surface area contributed by atoms with Crippen LogP contribution >= 0.6 is 11.6 Å². The predicted octanol–water partition coefficient (Wildman–Crippen LogP) is 4.63. The van der Waals surface area contributed by atoms with E-state index in [-0.39, 0.29) is 0 Å². The van der Waals surface area contributed by atoms with Crippen molar-refractivity contribution in [2.24, 2.45) is 5.92 Å². The minimum atomic E-state index is 0.471. The third-order valence-corrected chi connectivity index (χ3v) is 4.47. The number of hydrogen-bond donors (Lipinski definition) is 1. The van der Waals surface area contributed by atoms with Gasteiger partial charge in [0.2, 0.25) is 5.89 Å². The van der Waals surface area contributed by atoms with Crippen LogP contribution in [0, 0.1) is 5.92 Å². The van der Waals surface area contributed by atoms with E-state index < -0.39 is 0 Å². The van der Waals surface area contributed by atoms with Gasteiger partial charge in [-0.3, -0.25) is 0 Å². The molecule has 0 amide bonds. The van der Waals surface area contributed by atoms with Gasteiger partial charge in [-0.2, -0.15) is 4.98 Å². The Bertz CT molecular complexity index is 599. The van der Waals surface area contributed by atoms with Crippen molar-refractivity contribution in [3.63, 3.8) is 0 Å². The van der Waals surface area contributed by atoms with Crippen molar-refractivity contribution in [2.75, 3.05) is 5.32 Å². The third kappa shape index (κ3) is 3.56. The van der Waals surface area contributed by atoms with Crippen LogP contribution in [0.2, 0.25) is 5.02 Å². The van der Waals surface area contributed by atoms with E-state index in [1.165, 1.54) is 25.7 Å². The van der Waals surface area contributed by atoms with Crippen molar-refractivity contribution in [3.8, 4) is 0 Å². The maximum absolute atomic E-state index is 5.95. The second-order valence-corrected chi connectivity index (χ2v) is 6.13. The Balaban J connectivity index is 1.58. The van der Waals surface area contributed by atoms with E-state index >= 15 is 0 Å². The van der Waals surface area contributed by atoms with E-state index in [1.807, 2.05) is 24.3 Å². The lowest BCUT2D eigenvalue weighted by molar-refractivity contribution is 0.373. The topological polar surface area (TPSA) is 51.0 Å². The molecule has 1 N–H and O–H groups in total. The van der Waals surface area contributed by atoms with Gasteiger partial charge in [-0.05, 0) is 43.4 Å². The average Bonchev–Trinajstić information content (AvgIpc) is 3.14. The molecular formula is C16H20ClN3O. The van der Waals surface area contributed by atoms with E-state index in [1.54, 1.807) is 0 Å². The maximum Gasteiger partial charge on any atom is 0.245 e. The molecule has 2 aromatic rings. The molecule has 2 atom stereocenters. The number of anilines is 1. The number of rotatable bonds is 5. The van der Waals surface area contributed by atoms with E-state index in [0.717, 1.165) is 17.4 Å². The van der Waals surface area contributed by atoms with Gasteiger partial charge in [0.25, 0.3) is 0 Å². The fraction of sp³-hybridized carbons (Fsp3) is 0.500. The number of nitrogens with zero attached hydrogens (tertiary/aromatic N) is 2. The summed E-state index contributed by atoms with van der Waals surface area (Å²) in [5.41, 5.74) is 0.953. The molecule has 1 fully saturated rings. The summed E-state index contributed by atoms with van der Waals surface area (Å²) in [6.45, 7) is 2.78. The fourth-order valence-corrected chi connectivity index (χ4v) is 3.15. The maximum atomic E-state index is 5.95. The number of hydrogen-bond acceptors (Lipinski definition) is 4. The second-order valence-electron chi connectivity index (χ2n) is 5.69. The van der Waals surface area contributed by atoms with E-state index in [9.17, 15) is 0 Å². The van der Waals surface area contributed by atoms with Crippen LogP contribution in [-0.4, -0.2) is 10.1 Å². The molecule has 5 heteroatoms. The van der Waals surface area contributed by atoms with E-state index in [4.69, 9.17) is 16.1 Å². The molecule has 1 aromatic carbocycles. The summed E-state index contributed by atoms with van der Waals surface area (Å²) in [5.74, 6) is 2.79. The Labute approximate surface area is 129 Å². The highest BCUT2D eigenvalue weighted by molar-refractivity contribution is 6.30. The molecule has 0 radical (unpaired) electrons. The zero-order valence-electron chi connectivity index (χ0n) is 12.2. The van der Waals surface area contributed by atoms with Crippen molar-refractivity contribution in [2.45, 2.75) is 45.1 Å². The molecule has 4 nitrogen and oxygen atoms in total. The first-order valence-corrected chi connectivity index (χ1v) is 7.94. The summed E-state index contributed by atoms with van der Waals surface area (Å²) in [5, 5.41) is 8.10. The summed E-state index contributed by atoms with van der Waals surface area (Å²) in [7, 11) is 0. The van der Waals surface area contributed by atoms with Crippen LogP contribution in [0.5, 0.6) is 0 Å². The highest BCUT2D eigenvalue weighted by atomic mass is 35.5. The molecular weight excluding hydrogens is 286 g/mol. The lowest BCUT2D eigenvalue weighted by atomic mass is 10.0. The molecule has 3 rings (SSSR count). The summed E-state index contributed by atoms with van der Waals surface area (Å²) in [4.78, 5) is 4.53.